The van der Waals surface area contributed by atoms with Crippen LogP contribution in [0, 0.1) is 12.7 Å². The maximum Gasteiger partial charge on any atom is 0.440 e. The standard InChI is InChI=1S/C19H18F4N2O4/c1-11-7-8-13(9-16(11)29-25-18(26)27-3)12(2)24-28-10-14-5-4-6-15(20)17(14)19(21,22)23/h4-9H,10H2,1-3H3,(H,25,26)/b24-12+. The van der Waals surface area contributed by atoms with Crippen LogP contribution in [0.3, 0.4) is 0 Å². The third-order valence-corrected chi connectivity index (χ3v) is 3.84. The summed E-state index contributed by atoms with van der Waals surface area (Å²) in [7, 11) is 1.18. The number of ether oxygens (including phenoxy) is 1. The Morgan fingerprint density at radius 1 is 1.21 bits per heavy atom. The number of hydrogen-bond acceptors (Lipinski definition) is 5. The number of methoxy groups -OCH3 is 1. The summed E-state index contributed by atoms with van der Waals surface area (Å²) < 4.78 is 57.0. The van der Waals surface area contributed by atoms with E-state index in [9.17, 15) is 22.4 Å². The summed E-state index contributed by atoms with van der Waals surface area (Å²) in [6, 6.07) is 7.95. The van der Waals surface area contributed by atoms with E-state index in [0.29, 0.717) is 22.6 Å². The van der Waals surface area contributed by atoms with Gasteiger partial charge in [-0.1, -0.05) is 29.4 Å². The van der Waals surface area contributed by atoms with Crippen molar-refractivity contribution in [2.45, 2.75) is 26.6 Å². The number of alkyl halides is 3. The van der Waals surface area contributed by atoms with Gasteiger partial charge in [-0.3, -0.25) is 0 Å². The Bertz CT molecular complexity index is 914. The van der Waals surface area contributed by atoms with Crippen molar-refractivity contribution in [3.8, 4) is 5.75 Å². The molecule has 0 aliphatic rings. The number of nitrogens with zero attached hydrogens (tertiary/aromatic N) is 1. The molecular weight excluding hydrogens is 396 g/mol. The van der Waals surface area contributed by atoms with Crippen LogP contribution in [0.5, 0.6) is 5.75 Å². The zero-order chi connectivity index (χ0) is 21.6. The van der Waals surface area contributed by atoms with Crippen LogP contribution < -0.4 is 10.3 Å². The molecule has 1 N–H and O–H groups in total. The van der Waals surface area contributed by atoms with Crippen LogP contribution in [-0.4, -0.2) is 18.9 Å². The fraction of sp³-hybridized carbons (Fsp3) is 0.263. The lowest BCUT2D eigenvalue weighted by atomic mass is 10.1. The van der Waals surface area contributed by atoms with Crippen molar-refractivity contribution in [3.05, 3.63) is 64.5 Å². The summed E-state index contributed by atoms with van der Waals surface area (Å²) in [4.78, 5) is 21.2. The Labute approximate surface area is 164 Å². The second kappa shape index (κ2) is 9.26. The molecule has 29 heavy (non-hydrogen) atoms. The molecule has 156 valence electrons. The molecule has 2 aromatic rings. The van der Waals surface area contributed by atoms with Gasteiger partial charge in [0.25, 0.3) is 0 Å². The van der Waals surface area contributed by atoms with Gasteiger partial charge in [0, 0.05) is 11.1 Å². The molecule has 0 fully saturated rings. The van der Waals surface area contributed by atoms with E-state index in [1.54, 1.807) is 32.0 Å². The van der Waals surface area contributed by atoms with Crippen molar-refractivity contribution < 1.29 is 36.8 Å². The molecule has 0 saturated carbocycles. The number of hydrogen-bond donors (Lipinski definition) is 1. The normalized spacial score (nSPS) is 11.8. The highest BCUT2D eigenvalue weighted by Crippen LogP contribution is 2.34. The third-order valence-electron chi connectivity index (χ3n) is 3.84. The average molecular weight is 414 g/mol. The van der Waals surface area contributed by atoms with Gasteiger partial charge in [-0.25, -0.2) is 9.18 Å². The Morgan fingerprint density at radius 2 is 1.93 bits per heavy atom. The lowest BCUT2D eigenvalue weighted by molar-refractivity contribution is -0.141. The summed E-state index contributed by atoms with van der Waals surface area (Å²) in [5.41, 5.74) is 1.89. The van der Waals surface area contributed by atoms with E-state index in [1.165, 1.54) is 7.11 Å². The number of rotatable bonds is 6. The molecule has 0 atom stereocenters. The number of oxime groups is 1. The van der Waals surface area contributed by atoms with Crippen LogP contribution in [-0.2, 0) is 22.4 Å². The molecule has 6 nitrogen and oxygen atoms in total. The van der Waals surface area contributed by atoms with Crippen LogP contribution in [0.4, 0.5) is 22.4 Å². The Balaban J connectivity index is 2.13. The average Bonchev–Trinajstić information content (AvgIpc) is 2.65. The number of amides is 1. The van der Waals surface area contributed by atoms with Gasteiger partial charge >= 0.3 is 12.3 Å². The maximum absolute atomic E-state index is 13.6. The van der Waals surface area contributed by atoms with Gasteiger partial charge in [0.2, 0.25) is 0 Å². The van der Waals surface area contributed by atoms with Gasteiger partial charge in [-0.2, -0.15) is 18.7 Å². The Morgan fingerprint density at radius 3 is 2.59 bits per heavy atom. The van der Waals surface area contributed by atoms with E-state index in [-0.39, 0.29) is 5.56 Å². The molecular formula is C19H18F4N2O4. The highest BCUT2D eigenvalue weighted by atomic mass is 19.4. The number of benzene rings is 2. The SMILES string of the molecule is COC(=O)NOc1cc(/C(C)=N/OCc2cccc(F)c2C(F)(F)F)ccc1C. The molecule has 0 spiro atoms. The molecule has 0 bridgehead atoms. The molecule has 2 rings (SSSR count). The smallest absolute Gasteiger partial charge is 0.440 e. The second-order valence-corrected chi connectivity index (χ2v) is 5.90. The van der Waals surface area contributed by atoms with E-state index in [1.807, 2.05) is 0 Å². The van der Waals surface area contributed by atoms with Crippen molar-refractivity contribution in [2.75, 3.05) is 7.11 Å². The van der Waals surface area contributed by atoms with Crippen LogP contribution in [0.15, 0.2) is 41.6 Å². The zero-order valence-corrected chi connectivity index (χ0v) is 15.8. The summed E-state index contributed by atoms with van der Waals surface area (Å²) >= 11 is 0. The van der Waals surface area contributed by atoms with Crippen molar-refractivity contribution in [3.63, 3.8) is 0 Å². The molecule has 0 saturated heterocycles. The number of carbonyl (C=O) groups is 1. The quantitative estimate of drug-likeness (QED) is 0.421. The monoisotopic (exact) mass is 414 g/mol. The topological polar surface area (TPSA) is 69.2 Å². The number of carbonyl (C=O) groups excluding carboxylic acids is 1. The fourth-order valence-corrected chi connectivity index (χ4v) is 2.33. The highest BCUT2D eigenvalue weighted by molar-refractivity contribution is 5.98. The van der Waals surface area contributed by atoms with Crippen LogP contribution in [0.1, 0.15) is 29.2 Å². The lowest BCUT2D eigenvalue weighted by Gasteiger charge is -2.13. The summed E-state index contributed by atoms with van der Waals surface area (Å²) in [6.45, 7) is 2.74. The molecule has 1 amide bonds. The highest BCUT2D eigenvalue weighted by Gasteiger charge is 2.36. The maximum atomic E-state index is 13.6. The Hall–Kier alpha value is -3.30. The third kappa shape index (κ3) is 5.84. The fourth-order valence-electron chi connectivity index (χ4n) is 2.33. The first-order valence-electron chi connectivity index (χ1n) is 8.26. The molecule has 2 aromatic carbocycles. The van der Waals surface area contributed by atoms with E-state index >= 15 is 0 Å². The molecule has 0 unspecified atom stereocenters. The summed E-state index contributed by atoms with van der Waals surface area (Å²) in [6.07, 6.45) is -5.64. The van der Waals surface area contributed by atoms with Crippen molar-refractivity contribution in [1.82, 2.24) is 5.48 Å². The van der Waals surface area contributed by atoms with E-state index < -0.39 is 30.3 Å². The minimum atomic E-state index is -4.85. The van der Waals surface area contributed by atoms with E-state index in [4.69, 9.17) is 9.68 Å². The van der Waals surface area contributed by atoms with Gasteiger partial charge < -0.3 is 14.4 Å². The number of halogens is 4. The summed E-state index contributed by atoms with van der Waals surface area (Å²) in [5.74, 6) is -1.07. The van der Waals surface area contributed by atoms with Crippen molar-refractivity contribution in [1.29, 1.82) is 0 Å². The molecule has 0 aliphatic carbocycles. The largest absolute Gasteiger partial charge is 0.451 e. The zero-order valence-electron chi connectivity index (χ0n) is 15.8. The van der Waals surface area contributed by atoms with Gasteiger partial charge in [-0.15, -0.1) is 0 Å². The first-order chi connectivity index (χ1) is 13.6. The molecule has 0 heterocycles. The van der Waals surface area contributed by atoms with Gasteiger partial charge in [0.05, 0.1) is 18.4 Å². The van der Waals surface area contributed by atoms with Crippen LogP contribution in [0.2, 0.25) is 0 Å². The first kappa shape index (κ1) is 22.0. The molecule has 0 aliphatic heterocycles. The first-order valence-corrected chi connectivity index (χ1v) is 8.26. The van der Waals surface area contributed by atoms with Gasteiger partial charge in [0.1, 0.15) is 12.4 Å². The van der Waals surface area contributed by atoms with E-state index in [2.05, 4.69) is 15.4 Å². The molecule has 0 radical (unpaired) electrons. The van der Waals surface area contributed by atoms with Crippen LogP contribution >= 0.6 is 0 Å². The minimum absolute atomic E-state index is 0.312. The van der Waals surface area contributed by atoms with Gasteiger partial charge in [0.15, 0.2) is 5.75 Å². The number of nitrogens with one attached hydrogen (secondary N) is 1. The number of hydroxylamine groups is 1. The Kier molecular flexibility index (Phi) is 7.03. The predicted molar refractivity (Wildman–Crippen MR) is 95.7 cm³/mol. The number of aryl methyl sites for hydroxylation is 1. The molecule has 0 aromatic heterocycles. The molecule has 10 heteroatoms. The van der Waals surface area contributed by atoms with E-state index in [0.717, 1.165) is 18.2 Å². The minimum Gasteiger partial charge on any atom is -0.451 e. The van der Waals surface area contributed by atoms with Gasteiger partial charge in [-0.05, 0) is 31.5 Å². The second-order valence-electron chi connectivity index (χ2n) is 5.90. The van der Waals surface area contributed by atoms with Crippen molar-refractivity contribution in [2.24, 2.45) is 5.16 Å². The van der Waals surface area contributed by atoms with Crippen molar-refractivity contribution >= 4 is 11.8 Å². The lowest BCUT2D eigenvalue weighted by Crippen LogP contribution is -2.27. The van der Waals surface area contributed by atoms with Crippen LogP contribution in [0.25, 0.3) is 0 Å². The summed E-state index contributed by atoms with van der Waals surface area (Å²) in [5, 5.41) is 3.78. The predicted octanol–water partition coefficient (Wildman–Crippen LogP) is 4.74.